The molecule has 0 radical (unpaired) electrons. The Bertz CT molecular complexity index is 2030. The van der Waals surface area contributed by atoms with Gasteiger partial charge in [0.15, 0.2) is 0 Å². The molecule has 1 N–H and O–H groups in total. The summed E-state index contributed by atoms with van der Waals surface area (Å²) in [4.78, 5) is 0. The van der Waals surface area contributed by atoms with Crippen molar-refractivity contribution in [3.05, 3.63) is 131 Å². The molecule has 8 rings (SSSR count). The van der Waals surface area contributed by atoms with E-state index in [0.29, 0.717) is 6.42 Å². The maximum Gasteiger partial charge on any atom is 0.132 e. The van der Waals surface area contributed by atoms with Crippen LogP contribution in [0, 0.1) is 0 Å². The molecule has 2 aliphatic rings. The third-order valence-corrected chi connectivity index (χ3v) is 9.38. The topological polar surface area (TPSA) is 47.9 Å². The Morgan fingerprint density at radius 1 is 0.698 bits per heavy atom. The van der Waals surface area contributed by atoms with E-state index in [1.807, 2.05) is 19.1 Å². The lowest BCUT2D eigenvalue weighted by Crippen LogP contribution is -2.33. The average Bonchev–Trinajstić information content (AvgIpc) is 3.33. The molecule has 1 aliphatic carbocycles. The largest absolute Gasteiger partial charge is 0.497 e. The Labute approximate surface area is 251 Å². The van der Waals surface area contributed by atoms with Crippen LogP contribution in [0.15, 0.2) is 109 Å². The predicted octanol–water partition coefficient (Wildman–Crippen LogP) is 9.01. The van der Waals surface area contributed by atoms with Crippen LogP contribution in [0.2, 0.25) is 0 Å². The molecule has 0 saturated heterocycles. The molecule has 0 aromatic heterocycles. The number of rotatable bonds is 5. The molecule has 1 heterocycles. The highest BCUT2D eigenvalue weighted by molar-refractivity contribution is 6.02. The van der Waals surface area contributed by atoms with E-state index in [1.165, 1.54) is 22.3 Å². The number of methoxy groups -OCH3 is 1. The number of fused-ring (bicyclic) bond motifs is 13. The van der Waals surface area contributed by atoms with Crippen molar-refractivity contribution in [2.45, 2.75) is 31.3 Å². The monoisotopic (exact) mass is 564 g/mol. The maximum absolute atomic E-state index is 10.5. The van der Waals surface area contributed by atoms with Crippen LogP contribution in [-0.2, 0) is 5.41 Å². The minimum Gasteiger partial charge on any atom is -0.497 e. The lowest BCUT2D eigenvalue weighted by atomic mass is 9.64. The molecule has 4 nitrogen and oxygen atoms in total. The molecule has 0 fully saturated rings. The number of hydrogen-bond acceptors (Lipinski definition) is 4. The SMILES string of the molecule is CCC(C)(O)COc1ccc2c3c(ccc2c1)Oc1ccc2cc(OC)ccc2c1C31c2ccccc2-c2ccccc21. The normalized spacial score (nSPS) is 15.3. The van der Waals surface area contributed by atoms with Crippen LogP contribution in [0.25, 0.3) is 32.7 Å². The fraction of sp³-hybridized carbons (Fsp3) is 0.179. The summed E-state index contributed by atoms with van der Waals surface area (Å²) < 4.78 is 18.5. The highest BCUT2D eigenvalue weighted by Crippen LogP contribution is 2.64. The minimum absolute atomic E-state index is 0.233. The molecule has 0 amide bonds. The molecule has 1 spiro atoms. The summed E-state index contributed by atoms with van der Waals surface area (Å²) in [6, 6.07) is 38.5. The van der Waals surface area contributed by atoms with E-state index in [4.69, 9.17) is 14.2 Å². The van der Waals surface area contributed by atoms with E-state index in [9.17, 15) is 5.11 Å². The van der Waals surface area contributed by atoms with Gasteiger partial charge >= 0.3 is 0 Å². The second-order valence-corrected chi connectivity index (χ2v) is 11.9. The number of ether oxygens (including phenoxy) is 3. The molecule has 0 saturated carbocycles. The van der Waals surface area contributed by atoms with Gasteiger partial charge in [0.25, 0.3) is 0 Å². The van der Waals surface area contributed by atoms with Crippen molar-refractivity contribution in [2.75, 3.05) is 13.7 Å². The summed E-state index contributed by atoms with van der Waals surface area (Å²) >= 11 is 0. The van der Waals surface area contributed by atoms with Crippen LogP contribution in [-0.4, -0.2) is 24.4 Å². The van der Waals surface area contributed by atoms with Crippen molar-refractivity contribution in [3.8, 4) is 34.1 Å². The Morgan fingerprint density at radius 3 is 1.79 bits per heavy atom. The van der Waals surface area contributed by atoms with E-state index in [0.717, 1.165) is 55.7 Å². The zero-order valence-corrected chi connectivity index (χ0v) is 24.5. The molecule has 43 heavy (non-hydrogen) atoms. The number of aliphatic hydroxyl groups is 1. The minimum atomic E-state index is -0.882. The second-order valence-electron chi connectivity index (χ2n) is 11.9. The molecule has 4 heteroatoms. The predicted molar refractivity (Wildman–Crippen MR) is 172 cm³/mol. The summed E-state index contributed by atoms with van der Waals surface area (Å²) in [6.45, 7) is 4.00. The van der Waals surface area contributed by atoms with Crippen molar-refractivity contribution in [3.63, 3.8) is 0 Å². The lowest BCUT2D eigenvalue weighted by Gasteiger charge is -2.41. The first-order valence-corrected chi connectivity index (χ1v) is 14.9. The van der Waals surface area contributed by atoms with Gasteiger partial charge in [-0.2, -0.15) is 0 Å². The molecule has 6 aromatic rings. The van der Waals surface area contributed by atoms with Crippen LogP contribution in [0.1, 0.15) is 42.5 Å². The van der Waals surface area contributed by atoms with Gasteiger partial charge in [-0.15, -0.1) is 0 Å². The Kier molecular flexibility index (Phi) is 5.63. The van der Waals surface area contributed by atoms with Gasteiger partial charge in [-0.05, 0) is 93.5 Å². The summed E-state index contributed by atoms with van der Waals surface area (Å²) in [7, 11) is 1.71. The highest BCUT2D eigenvalue weighted by Gasteiger charge is 2.52. The van der Waals surface area contributed by atoms with Gasteiger partial charge in [0.1, 0.15) is 29.6 Å². The van der Waals surface area contributed by atoms with Gasteiger partial charge in [-0.1, -0.05) is 79.7 Å². The van der Waals surface area contributed by atoms with E-state index >= 15 is 0 Å². The van der Waals surface area contributed by atoms with Crippen molar-refractivity contribution in [1.82, 2.24) is 0 Å². The first kappa shape index (κ1) is 25.9. The van der Waals surface area contributed by atoms with Gasteiger partial charge in [0, 0.05) is 11.1 Å². The van der Waals surface area contributed by atoms with E-state index in [2.05, 4.69) is 97.1 Å². The van der Waals surface area contributed by atoms with Crippen molar-refractivity contribution in [1.29, 1.82) is 0 Å². The molecule has 6 aromatic carbocycles. The molecule has 0 bridgehead atoms. The third kappa shape index (κ3) is 3.66. The van der Waals surface area contributed by atoms with Gasteiger partial charge < -0.3 is 19.3 Å². The Hall–Kier alpha value is -4.80. The lowest BCUT2D eigenvalue weighted by molar-refractivity contribution is 0.00851. The zero-order chi connectivity index (χ0) is 29.3. The van der Waals surface area contributed by atoms with Gasteiger partial charge in [0.05, 0.1) is 18.1 Å². The fourth-order valence-electron chi connectivity index (χ4n) is 7.09. The van der Waals surface area contributed by atoms with E-state index < -0.39 is 11.0 Å². The molecule has 1 aliphatic heterocycles. The summed E-state index contributed by atoms with van der Waals surface area (Å²) in [5.41, 5.74) is 5.75. The molecule has 1 unspecified atom stereocenters. The van der Waals surface area contributed by atoms with Crippen molar-refractivity contribution in [2.24, 2.45) is 0 Å². The van der Waals surface area contributed by atoms with Crippen LogP contribution in [0.5, 0.6) is 23.0 Å². The summed E-state index contributed by atoms with van der Waals surface area (Å²) in [6.07, 6.45) is 0.617. The van der Waals surface area contributed by atoms with E-state index in [-0.39, 0.29) is 6.61 Å². The molecule has 212 valence electrons. The first-order chi connectivity index (χ1) is 20.9. The van der Waals surface area contributed by atoms with E-state index in [1.54, 1.807) is 14.0 Å². The molecular formula is C39H32O4. The summed E-state index contributed by atoms with van der Waals surface area (Å²) in [5, 5.41) is 14.9. The third-order valence-electron chi connectivity index (χ3n) is 9.38. The Morgan fingerprint density at radius 2 is 1.23 bits per heavy atom. The quantitative estimate of drug-likeness (QED) is 0.227. The standard InChI is InChI=1S/C39H32O4/c1-4-38(2,40)23-42-27-16-18-29-25(22-27)14-20-35-37(29)39(32-11-7-5-9-30(32)31-10-6-8-12-33(31)39)36-28-17-15-26(41-3)21-24(28)13-19-34(36)43-35/h5-22,40H,4,23H2,1-3H3. The molecule has 1 atom stereocenters. The first-order valence-electron chi connectivity index (χ1n) is 14.9. The van der Waals surface area contributed by atoms with Gasteiger partial charge in [0.2, 0.25) is 0 Å². The number of hydrogen-bond donors (Lipinski definition) is 1. The van der Waals surface area contributed by atoms with Crippen LogP contribution < -0.4 is 14.2 Å². The smallest absolute Gasteiger partial charge is 0.132 e. The van der Waals surface area contributed by atoms with Crippen LogP contribution >= 0.6 is 0 Å². The van der Waals surface area contributed by atoms with Gasteiger partial charge in [-0.25, -0.2) is 0 Å². The highest BCUT2D eigenvalue weighted by atomic mass is 16.5. The van der Waals surface area contributed by atoms with Crippen molar-refractivity contribution >= 4 is 21.5 Å². The van der Waals surface area contributed by atoms with Crippen LogP contribution in [0.3, 0.4) is 0 Å². The van der Waals surface area contributed by atoms with Crippen LogP contribution in [0.4, 0.5) is 0 Å². The maximum atomic E-state index is 10.5. The summed E-state index contributed by atoms with van der Waals surface area (Å²) in [5.74, 6) is 3.27. The Balaban J connectivity index is 1.47. The van der Waals surface area contributed by atoms with Gasteiger partial charge in [-0.3, -0.25) is 0 Å². The fourth-order valence-corrected chi connectivity index (χ4v) is 7.09. The molecular weight excluding hydrogens is 532 g/mol. The second kappa shape index (κ2) is 9.35. The average molecular weight is 565 g/mol. The van der Waals surface area contributed by atoms with Crippen molar-refractivity contribution < 1.29 is 19.3 Å². The zero-order valence-electron chi connectivity index (χ0n) is 24.5. The number of benzene rings is 6.